The van der Waals surface area contributed by atoms with E-state index in [1.165, 1.54) is 11.1 Å². The molecule has 0 aliphatic heterocycles. The standard InChI is InChI=1S/C18H24N2O/c1-3-13(2)20-9-8-17(19-20)12-18(21)16-10-14-6-4-5-7-15(14)11-16/h4-9,13,16,18,21H,3,10-12H2,1-2H3. The van der Waals surface area contributed by atoms with Gasteiger partial charge in [-0.15, -0.1) is 0 Å². The van der Waals surface area contributed by atoms with Crippen LogP contribution < -0.4 is 0 Å². The molecule has 0 radical (unpaired) electrons. The Morgan fingerprint density at radius 3 is 2.52 bits per heavy atom. The molecule has 3 heteroatoms. The van der Waals surface area contributed by atoms with Crippen LogP contribution in [-0.2, 0) is 19.3 Å². The summed E-state index contributed by atoms with van der Waals surface area (Å²) in [7, 11) is 0. The molecule has 0 spiro atoms. The first-order chi connectivity index (χ1) is 10.2. The first kappa shape index (κ1) is 14.3. The van der Waals surface area contributed by atoms with Gasteiger partial charge in [0.1, 0.15) is 0 Å². The van der Waals surface area contributed by atoms with E-state index in [0.29, 0.717) is 18.4 Å². The Kier molecular flexibility index (Phi) is 4.11. The van der Waals surface area contributed by atoms with E-state index in [0.717, 1.165) is 25.0 Å². The molecule has 0 fully saturated rings. The van der Waals surface area contributed by atoms with Crippen molar-refractivity contribution in [2.75, 3.05) is 0 Å². The molecule has 1 aliphatic rings. The van der Waals surface area contributed by atoms with Crippen LogP contribution >= 0.6 is 0 Å². The lowest BCUT2D eigenvalue weighted by molar-refractivity contribution is 0.111. The van der Waals surface area contributed by atoms with Crippen LogP contribution in [0.15, 0.2) is 36.5 Å². The second kappa shape index (κ2) is 6.02. The lowest BCUT2D eigenvalue weighted by Gasteiger charge is -2.16. The summed E-state index contributed by atoms with van der Waals surface area (Å²) in [5.74, 6) is 0.330. The average molecular weight is 284 g/mol. The van der Waals surface area contributed by atoms with E-state index in [4.69, 9.17) is 0 Å². The Bertz CT molecular complexity index is 580. The third kappa shape index (κ3) is 3.03. The number of aliphatic hydroxyl groups excluding tert-OH is 1. The highest BCUT2D eigenvalue weighted by atomic mass is 16.3. The molecule has 0 bridgehead atoms. The predicted molar refractivity (Wildman–Crippen MR) is 84.3 cm³/mol. The maximum Gasteiger partial charge on any atom is 0.0650 e. The summed E-state index contributed by atoms with van der Waals surface area (Å²) in [6.07, 6.45) is 5.42. The normalized spacial score (nSPS) is 17.7. The van der Waals surface area contributed by atoms with Crippen LogP contribution in [0.2, 0.25) is 0 Å². The molecule has 21 heavy (non-hydrogen) atoms. The van der Waals surface area contributed by atoms with Gasteiger partial charge in [-0.05, 0) is 49.3 Å². The van der Waals surface area contributed by atoms with Gasteiger partial charge in [0.05, 0.1) is 11.8 Å². The topological polar surface area (TPSA) is 38.0 Å². The van der Waals surface area contributed by atoms with Gasteiger partial charge in [0, 0.05) is 18.7 Å². The van der Waals surface area contributed by atoms with Gasteiger partial charge < -0.3 is 5.11 Å². The molecule has 2 atom stereocenters. The maximum atomic E-state index is 10.5. The number of fused-ring (bicyclic) bond motifs is 1. The molecule has 0 saturated heterocycles. The molecular weight excluding hydrogens is 260 g/mol. The van der Waals surface area contributed by atoms with Crippen LogP contribution in [0.1, 0.15) is 43.1 Å². The minimum absolute atomic E-state index is 0.308. The fourth-order valence-electron chi connectivity index (χ4n) is 3.16. The van der Waals surface area contributed by atoms with E-state index in [-0.39, 0.29) is 6.10 Å². The number of aliphatic hydroxyl groups is 1. The number of rotatable bonds is 5. The minimum atomic E-state index is -0.308. The summed E-state index contributed by atoms with van der Waals surface area (Å²) < 4.78 is 2.01. The fourth-order valence-corrected chi connectivity index (χ4v) is 3.16. The highest BCUT2D eigenvalue weighted by Crippen LogP contribution is 2.29. The van der Waals surface area contributed by atoms with Crippen molar-refractivity contribution in [2.45, 2.75) is 51.7 Å². The SMILES string of the molecule is CCC(C)n1ccc(CC(O)C2Cc3ccccc3C2)n1. The molecule has 3 nitrogen and oxygen atoms in total. The summed E-state index contributed by atoms with van der Waals surface area (Å²) in [6, 6.07) is 11.0. The Morgan fingerprint density at radius 2 is 1.90 bits per heavy atom. The molecule has 1 aromatic carbocycles. The van der Waals surface area contributed by atoms with Crippen LogP contribution in [-0.4, -0.2) is 21.0 Å². The lowest BCUT2D eigenvalue weighted by atomic mass is 9.95. The van der Waals surface area contributed by atoms with Gasteiger partial charge in [-0.3, -0.25) is 4.68 Å². The first-order valence-electron chi connectivity index (χ1n) is 7.96. The zero-order chi connectivity index (χ0) is 14.8. The molecule has 0 saturated carbocycles. The second-order valence-electron chi connectivity index (χ2n) is 6.25. The number of hydrogen-bond donors (Lipinski definition) is 1. The molecule has 2 unspecified atom stereocenters. The summed E-state index contributed by atoms with van der Waals surface area (Å²) in [5.41, 5.74) is 3.79. The zero-order valence-corrected chi connectivity index (χ0v) is 12.9. The Hall–Kier alpha value is -1.61. The second-order valence-corrected chi connectivity index (χ2v) is 6.25. The van der Waals surface area contributed by atoms with Gasteiger partial charge in [-0.2, -0.15) is 5.10 Å². The Labute approximate surface area is 126 Å². The van der Waals surface area contributed by atoms with Gasteiger partial charge >= 0.3 is 0 Å². The molecule has 1 aliphatic carbocycles. The van der Waals surface area contributed by atoms with Crippen molar-refractivity contribution in [1.82, 2.24) is 9.78 Å². The average Bonchev–Trinajstić information content (AvgIpc) is 3.12. The smallest absolute Gasteiger partial charge is 0.0650 e. The van der Waals surface area contributed by atoms with Gasteiger partial charge in [0.2, 0.25) is 0 Å². The van der Waals surface area contributed by atoms with Crippen molar-refractivity contribution in [3.8, 4) is 0 Å². The quantitative estimate of drug-likeness (QED) is 0.916. The van der Waals surface area contributed by atoms with E-state index in [2.05, 4.69) is 43.2 Å². The van der Waals surface area contributed by atoms with Crippen LogP contribution in [0.5, 0.6) is 0 Å². The van der Waals surface area contributed by atoms with Gasteiger partial charge in [0.25, 0.3) is 0 Å². The number of hydrogen-bond acceptors (Lipinski definition) is 2. The van der Waals surface area contributed by atoms with Crippen LogP contribution in [0, 0.1) is 5.92 Å². The summed E-state index contributed by atoms with van der Waals surface area (Å²) in [4.78, 5) is 0. The van der Waals surface area contributed by atoms with Gasteiger partial charge in [0.15, 0.2) is 0 Å². The van der Waals surface area contributed by atoms with Crippen LogP contribution in [0.25, 0.3) is 0 Å². The highest BCUT2D eigenvalue weighted by Gasteiger charge is 2.27. The van der Waals surface area contributed by atoms with Crippen molar-refractivity contribution >= 4 is 0 Å². The van der Waals surface area contributed by atoms with Crippen molar-refractivity contribution in [3.05, 3.63) is 53.3 Å². The molecular formula is C18H24N2O. The molecule has 0 amide bonds. The van der Waals surface area contributed by atoms with Crippen LogP contribution in [0.4, 0.5) is 0 Å². The maximum absolute atomic E-state index is 10.5. The van der Waals surface area contributed by atoms with Gasteiger partial charge in [-0.1, -0.05) is 31.2 Å². The molecule has 3 rings (SSSR count). The van der Waals surface area contributed by atoms with Crippen molar-refractivity contribution in [2.24, 2.45) is 5.92 Å². The fraction of sp³-hybridized carbons (Fsp3) is 0.500. The minimum Gasteiger partial charge on any atom is -0.392 e. The van der Waals surface area contributed by atoms with Crippen molar-refractivity contribution in [3.63, 3.8) is 0 Å². The molecule has 1 heterocycles. The molecule has 1 aromatic heterocycles. The Balaban J connectivity index is 1.63. The first-order valence-corrected chi connectivity index (χ1v) is 7.96. The Morgan fingerprint density at radius 1 is 1.24 bits per heavy atom. The van der Waals surface area contributed by atoms with Gasteiger partial charge in [-0.25, -0.2) is 0 Å². The number of benzene rings is 1. The largest absolute Gasteiger partial charge is 0.392 e. The third-order valence-corrected chi connectivity index (χ3v) is 4.75. The monoisotopic (exact) mass is 284 g/mol. The molecule has 1 N–H and O–H groups in total. The number of aromatic nitrogens is 2. The van der Waals surface area contributed by atoms with Crippen LogP contribution in [0.3, 0.4) is 0 Å². The molecule has 112 valence electrons. The van der Waals surface area contributed by atoms with E-state index in [9.17, 15) is 5.11 Å². The van der Waals surface area contributed by atoms with E-state index in [1.807, 2.05) is 16.9 Å². The summed E-state index contributed by atoms with van der Waals surface area (Å²) in [5, 5.41) is 15.1. The van der Waals surface area contributed by atoms with Crippen molar-refractivity contribution in [1.29, 1.82) is 0 Å². The molecule has 2 aromatic rings. The highest BCUT2D eigenvalue weighted by molar-refractivity contribution is 5.32. The number of nitrogens with zero attached hydrogens (tertiary/aromatic N) is 2. The third-order valence-electron chi connectivity index (χ3n) is 4.75. The zero-order valence-electron chi connectivity index (χ0n) is 12.9. The van der Waals surface area contributed by atoms with E-state index >= 15 is 0 Å². The lowest BCUT2D eigenvalue weighted by Crippen LogP contribution is -2.23. The van der Waals surface area contributed by atoms with E-state index < -0.39 is 0 Å². The summed E-state index contributed by atoms with van der Waals surface area (Å²) >= 11 is 0. The predicted octanol–water partition coefficient (Wildman–Crippen LogP) is 3.17. The van der Waals surface area contributed by atoms with E-state index in [1.54, 1.807) is 0 Å². The van der Waals surface area contributed by atoms with Crippen molar-refractivity contribution < 1.29 is 5.11 Å². The summed E-state index contributed by atoms with van der Waals surface area (Å²) in [6.45, 7) is 4.33.